The van der Waals surface area contributed by atoms with Crippen molar-refractivity contribution in [2.24, 2.45) is 0 Å². The average molecular weight is 275 g/mol. The van der Waals surface area contributed by atoms with E-state index in [0.717, 1.165) is 45.6 Å². The molecule has 2 heterocycles. The standard InChI is InChI=1S/C12H25N3O2S/c1-14(10-11-15-8-2-3-9-15)18(16,17)12-4-6-13-7-5-12/h12-13H,2-11H2,1H3. The van der Waals surface area contributed by atoms with Crippen LogP contribution in [0.25, 0.3) is 0 Å². The summed E-state index contributed by atoms with van der Waals surface area (Å²) >= 11 is 0. The number of likely N-dealkylation sites (tertiary alicyclic amines) is 1. The van der Waals surface area contributed by atoms with Crippen molar-refractivity contribution in [3.8, 4) is 0 Å². The number of likely N-dealkylation sites (N-methyl/N-ethyl adjacent to an activating group) is 1. The fourth-order valence-corrected chi connectivity index (χ4v) is 4.44. The molecule has 0 aromatic carbocycles. The summed E-state index contributed by atoms with van der Waals surface area (Å²) in [6.07, 6.45) is 4.00. The van der Waals surface area contributed by atoms with Gasteiger partial charge in [-0.3, -0.25) is 0 Å². The van der Waals surface area contributed by atoms with Gasteiger partial charge in [0.15, 0.2) is 0 Å². The Kier molecular flexibility index (Phi) is 5.00. The lowest BCUT2D eigenvalue weighted by atomic mass is 10.2. The van der Waals surface area contributed by atoms with Crippen molar-refractivity contribution in [3.05, 3.63) is 0 Å². The van der Waals surface area contributed by atoms with Crippen molar-refractivity contribution in [1.82, 2.24) is 14.5 Å². The Morgan fingerprint density at radius 2 is 1.83 bits per heavy atom. The van der Waals surface area contributed by atoms with Gasteiger partial charge < -0.3 is 10.2 Å². The number of hydrogen-bond donors (Lipinski definition) is 1. The van der Waals surface area contributed by atoms with Crippen molar-refractivity contribution in [2.75, 3.05) is 46.3 Å². The van der Waals surface area contributed by atoms with Crippen molar-refractivity contribution >= 4 is 10.0 Å². The highest BCUT2D eigenvalue weighted by molar-refractivity contribution is 7.89. The normalized spacial score (nSPS) is 23.9. The molecule has 18 heavy (non-hydrogen) atoms. The van der Waals surface area contributed by atoms with Crippen LogP contribution in [0.15, 0.2) is 0 Å². The number of hydrogen-bond acceptors (Lipinski definition) is 4. The van der Waals surface area contributed by atoms with Crippen LogP contribution in [0.3, 0.4) is 0 Å². The molecule has 0 bridgehead atoms. The maximum Gasteiger partial charge on any atom is 0.216 e. The Balaban J connectivity index is 1.83. The number of nitrogens with zero attached hydrogens (tertiary/aromatic N) is 2. The molecule has 2 aliphatic heterocycles. The van der Waals surface area contributed by atoms with E-state index in [9.17, 15) is 8.42 Å². The molecular formula is C12H25N3O2S. The number of nitrogens with one attached hydrogen (secondary N) is 1. The first-order chi connectivity index (χ1) is 8.60. The molecule has 106 valence electrons. The topological polar surface area (TPSA) is 52.7 Å². The first kappa shape index (κ1) is 14.2. The minimum atomic E-state index is -3.09. The van der Waals surface area contributed by atoms with Gasteiger partial charge in [0.2, 0.25) is 10.0 Å². The second kappa shape index (κ2) is 6.32. The van der Waals surface area contributed by atoms with Gasteiger partial charge in [0.05, 0.1) is 5.25 Å². The van der Waals surface area contributed by atoms with E-state index in [0.29, 0.717) is 6.54 Å². The van der Waals surface area contributed by atoms with E-state index in [1.165, 1.54) is 12.8 Å². The molecule has 0 spiro atoms. The Hall–Kier alpha value is -0.170. The number of piperidine rings is 1. The van der Waals surface area contributed by atoms with E-state index in [2.05, 4.69) is 10.2 Å². The molecule has 0 atom stereocenters. The van der Waals surface area contributed by atoms with Gasteiger partial charge in [-0.25, -0.2) is 12.7 Å². The molecule has 6 heteroatoms. The first-order valence-corrected chi connectivity index (χ1v) is 8.49. The summed E-state index contributed by atoms with van der Waals surface area (Å²) in [7, 11) is -1.36. The van der Waals surface area contributed by atoms with Gasteiger partial charge in [-0.2, -0.15) is 0 Å². The molecule has 0 amide bonds. The second-order valence-corrected chi connectivity index (χ2v) is 7.68. The van der Waals surface area contributed by atoms with Crippen LogP contribution in [-0.4, -0.2) is 69.2 Å². The van der Waals surface area contributed by atoms with E-state index in [-0.39, 0.29) is 5.25 Å². The summed E-state index contributed by atoms with van der Waals surface area (Å²) in [5, 5.41) is 3.03. The molecule has 2 saturated heterocycles. The highest BCUT2D eigenvalue weighted by Gasteiger charge is 2.30. The maximum atomic E-state index is 12.4. The predicted octanol–water partition coefficient (Wildman–Crippen LogP) is 0.0958. The van der Waals surface area contributed by atoms with E-state index < -0.39 is 10.0 Å². The molecule has 2 rings (SSSR count). The third kappa shape index (κ3) is 3.44. The zero-order valence-electron chi connectivity index (χ0n) is 11.3. The monoisotopic (exact) mass is 275 g/mol. The fourth-order valence-electron chi connectivity index (χ4n) is 2.76. The van der Waals surface area contributed by atoms with Gasteiger partial charge in [0.1, 0.15) is 0 Å². The molecule has 0 saturated carbocycles. The Morgan fingerprint density at radius 3 is 2.44 bits per heavy atom. The highest BCUT2D eigenvalue weighted by Crippen LogP contribution is 2.17. The highest BCUT2D eigenvalue weighted by atomic mass is 32.2. The Bertz CT molecular complexity index is 346. The molecule has 0 unspecified atom stereocenters. The summed E-state index contributed by atoms with van der Waals surface area (Å²) in [4.78, 5) is 2.36. The van der Waals surface area contributed by atoms with Crippen molar-refractivity contribution in [1.29, 1.82) is 0 Å². The van der Waals surface area contributed by atoms with E-state index >= 15 is 0 Å². The van der Waals surface area contributed by atoms with Gasteiger partial charge in [-0.1, -0.05) is 0 Å². The summed E-state index contributed by atoms with van der Waals surface area (Å²) in [6, 6.07) is 0. The van der Waals surface area contributed by atoms with Gasteiger partial charge in [-0.05, 0) is 51.9 Å². The van der Waals surface area contributed by atoms with Crippen LogP contribution in [0.4, 0.5) is 0 Å². The SMILES string of the molecule is CN(CCN1CCCC1)S(=O)(=O)C1CCNCC1. The Morgan fingerprint density at radius 1 is 1.22 bits per heavy atom. The lowest BCUT2D eigenvalue weighted by Crippen LogP contribution is -2.44. The summed E-state index contributed by atoms with van der Waals surface area (Å²) < 4.78 is 26.3. The maximum absolute atomic E-state index is 12.4. The summed E-state index contributed by atoms with van der Waals surface area (Å²) in [6.45, 7) is 5.41. The molecule has 0 aromatic rings. The van der Waals surface area contributed by atoms with Crippen LogP contribution in [0, 0.1) is 0 Å². The average Bonchev–Trinajstić information content (AvgIpc) is 2.90. The summed E-state index contributed by atoms with van der Waals surface area (Å²) in [5.41, 5.74) is 0. The van der Waals surface area contributed by atoms with Crippen LogP contribution in [0.2, 0.25) is 0 Å². The largest absolute Gasteiger partial charge is 0.317 e. The van der Waals surface area contributed by atoms with Crippen molar-refractivity contribution in [3.63, 3.8) is 0 Å². The third-order valence-electron chi connectivity index (χ3n) is 4.07. The van der Waals surface area contributed by atoms with Gasteiger partial charge >= 0.3 is 0 Å². The minimum Gasteiger partial charge on any atom is -0.317 e. The smallest absolute Gasteiger partial charge is 0.216 e. The lowest BCUT2D eigenvalue weighted by molar-refractivity contribution is 0.307. The number of rotatable bonds is 5. The lowest BCUT2D eigenvalue weighted by Gasteiger charge is -2.28. The quantitative estimate of drug-likeness (QED) is 0.773. The predicted molar refractivity (Wildman–Crippen MR) is 73.1 cm³/mol. The van der Waals surface area contributed by atoms with Crippen LogP contribution in [0.5, 0.6) is 0 Å². The molecule has 2 aliphatic rings. The molecule has 5 nitrogen and oxygen atoms in total. The molecule has 0 aromatic heterocycles. The number of sulfonamides is 1. The molecule has 2 fully saturated rings. The third-order valence-corrected chi connectivity index (χ3v) is 6.44. The van der Waals surface area contributed by atoms with Crippen LogP contribution < -0.4 is 5.32 Å². The zero-order valence-corrected chi connectivity index (χ0v) is 12.1. The fraction of sp³-hybridized carbons (Fsp3) is 1.00. The minimum absolute atomic E-state index is 0.178. The molecule has 1 N–H and O–H groups in total. The van der Waals surface area contributed by atoms with E-state index in [4.69, 9.17) is 0 Å². The molecule has 0 radical (unpaired) electrons. The molecule has 0 aliphatic carbocycles. The van der Waals surface area contributed by atoms with Gasteiger partial charge in [-0.15, -0.1) is 0 Å². The zero-order chi connectivity index (χ0) is 13.0. The van der Waals surface area contributed by atoms with Crippen molar-refractivity contribution < 1.29 is 8.42 Å². The first-order valence-electron chi connectivity index (χ1n) is 6.99. The van der Waals surface area contributed by atoms with Crippen LogP contribution in [-0.2, 0) is 10.0 Å². The van der Waals surface area contributed by atoms with Crippen LogP contribution >= 0.6 is 0 Å². The van der Waals surface area contributed by atoms with Crippen molar-refractivity contribution in [2.45, 2.75) is 30.9 Å². The Labute approximate surface area is 111 Å². The summed E-state index contributed by atoms with van der Waals surface area (Å²) in [5.74, 6) is 0. The second-order valence-electron chi connectivity index (χ2n) is 5.36. The van der Waals surface area contributed by atoms with E-state index in [1.807, 2.05) is 0 Å². The molecular weight excluding hydrogens is 250 g/mol. The van der Waals surface area contributed by atoms with E-state index in [1.54, 1.807) is 11.4 Å². The van der Waals surface area contributed by atoms with Gasteiger partial charge in [0.25, 0.3) is 0 Å². The van der Waals surface area contributed by atoms with Crippen LogP contribution in [0.1, 0.15) is 25.7 Å². The van der Waals surface area contributed by atoms with Gasteiger partial charge in [0, 0.05) is 20.1 Å².